The third-order valence-electron chi connectivity index (χ3n) is 5.46. The molecule has 1 atom stereocenters. The van der Waals surface area contributed by atoms with Crippen LogP contribution in [0, 0.1) is 5.92 Å². The highest BCUT2D eigenvalue weighted by Crippen LogP contribution is 2.33. The lowest BCUT2D eigenvalue weighted by atomic mass is 10.0. The van der Waals surface area contributed by atoms with E-state index in [4.69, 9.17) is 0 Å². The molecular formula is C23H19F5N4O. The second-order valence-electron chi connectivity index (χ2n) is 7.83. The quantitative estimate of drug-likeness (QED) is 0.497. The largest absolute Gasteiger partial charge is 0.416 e. The topological polar surface area (TPSA) is 50.0 Å². The Morgan fingerprint density at radius 3 is 2.39 bits per heavy atom. The monoisotopic (exact) mass is 462 g/mol. The van der Waals surface area contributed by atoms with E-state index in [9.17, 15) is 26.7 Å². The van der Waals surface area contributed by atoms with Crippen LogP contribution in [0.1, 0.15) is 12.5 Å². The van der Waals surface area contributed by atoms with Gasteiger partial charge < -0.3 is 4.90 Å². The number of carbonyl (C=O) groups is 1. The molecule has 0 saturated heterocycles. The second-order valence-corrected chi connectivity index (χ2v) is 7.83. The number of pyridine rings is 1. The van der Waals surface area contributed by atoms with Crippen LogP contribution in [-0.2, 0) is 11.0 Å². The SMILES string of the molecule is CN(C(=O)C1C=CC(C(C)(F)F)=NC1)c1ccn2ncc(-c3ccc(C(F)(F)F)cc3)c2c1. The van der Waals surface area contributed by atoms with Gasteiger partial charge in [0.2, 0.25) is 5.91 Å². The molecule has 1 aliphatic heterocycles. The number of aliphatic imine (C=N–C) groups is 1. The van der Waals surface area contributed by atoms with Crippen molar-refractivity contribution in [1.82, 2.24) is 9.61 Å². The summed E-state index contributed by atoms with van der Waals surface area (Å²) in [6, 6.07) is 8.10. The summed E-state index contributed by atoms with van der Waals surface area (Å²) < 4.78 is 66.9. The van der Waals surface area contributed by atoms with Gasteiger partial charge in [-0.2, -0.15) is 27.1 Å². The lowest BCUT2D eigenvalue weighted by molar-refractivity contribution is -0.137. The van der Waals surface area contributed by atoms with Gasteiger partial charge in [0.15, 0.2) is 0 Å². The fourth-order valence-corrected chi connectivity index (χ4v) is 3.58. The summed E-state index contributed by atoms with van der Waals surface area (Å²) >= 11 is 0. The molecule has 0 aliphatic carbocycles. The highest BCUT2D eigenvalue weighted by atomic mass is 19.4. The van der Waals surface area contributed by atoms with Crippen molar-refractivity contribution in [1.29, 1.82) is 0 Å². The van der Waals surface area contributed by atoms with Crippen molar-refractivity contribution in [2.75, 3.05) is 18.5 Å². The van der Waals surface area contributed by atoms with E-state index < -0.39 is 23.6 Å². The molecule has 172 valence electrons. The van der Waals surface area contributed by atoms with Crippen LogP contribution < -0.4 is 4.90 Å². The fourth-order valence-electron chi connectivity index (χ4n) is 3.58. The Kier molecular flexibility index (Phi) is 5.55. The van der Waals surface area contributed by atoms with Crippen LogP contribution in [-0.4, -0.2) is 40.7 Å². The van der Waals surface area contributed by atoms with E-state index in [2.05, 4.69) is 10.1 Å². The summed E-state index contributed by atoms with van der Waals surface area (Å²) in [7, 11) is 1.56. The van der Waals surface area contributed by atoms with Crippen LogP contribution in [0.15, 0.2) is 65.9 Å². The first-order valence-electron chi connectivity index (χ1n) is 9.98. The molecule has 3 heterocycles. The maximum absolute atomic E-state index is 13.4. The van der Waals surface area contributed by atoms with Gasteiger partial charge >= 0.3 is 6.18 Å². The van der Waals surface area contributed by atoms with E-state index in [0.717, 1.165) is 19.1 Å². The Morgan fingerprint density at radius 2 is 1.82 bits per heavy atom. The van der Waals surface area contributed by atoms with Crippen LogP contribution in [0.4, 0.5) is 27.6 Å². The summed E-state index contributed by atoms with van der Waals surface area (Å²) in [6.45, 7) is 0.670. The van der Waals surface area contributed by atoms with E-state index in [1.807, 2.05) is 0 Å². The Bertz CT molecular complexity index is 1250. The Morgan fingerprint density at radius 1 is 1.12 bits per heavy atom. The summed E-state index contributed by atoms with van der Waals surface area (Å²) in [5.41, 5.74) is 1.14. The molecule has 10 heteroatoms. The highest BCUT2D eigenvalue weighted by molar-refractivity contribution is 6.03. The number of rotatable bonds is 4. The number of dihydropyridines is 1. The zero-order valence-corrected chi connectivity index (χ0v) is 17.6. The van der Waals surface area contributed by atoms with Gasteiger partial charge in [0.05, 0.1) is 29.7 Å². The standard InChI is InChI=1S/C23H19F5N4O/c1-22(24,25)20-8-5-15(12-29-20)21(33)31(2)17-9-10-32-19(11-17)18(13-30-32)14-3-6-16(7-4-14)23(26,27)28/h3-11,13,15H,12H2,1-2H3. The van der Waals surface area contributed by atoms with Gasteiger partial charge in [0.25, 0.3) is 5.92 Å². The van der Waals surface area contributed by atoms with Crippen LogP contribution in [0.5, 0.6) is 0 Å². The van der Waals surface area contributed by atoms with Crippen molar-refractivity contribution in [2.24, 2.45) is 10.9 Å². The molecule has 5 nitrogen and oxygen atoms in total. The molecule has 2 aromatic heterocycles. The first-order chi connectivity index (χ1) is 15.4. The zero-order chi connectivity index (χ0) is 24.0. The van der Waals surface area contributed by atoms with Crippen molar-refractivity contribution in [3.05, 3.63) is 66.5 Å². The normalized spacial score (nSPS) is 16.7. The molecule has 4 rings (SSSR count). The number of amides is 1. The molecule has 1 amide bonds. The number of fused-ring (bicyclic) bond motifs is 1. The first kappa shape index (κ1) is 22.6. The molecule has 33 heavy (non-hydrogen) atoms. The average molecular weight is 462 g/mol. The van der Waals surface area contributed by atoms with E-state index in [-0.39, 0.29) is 18.2 Å². The van der Waals surface area contributed by atoms with Crippen LogP contribution in [0.2, 0.25) is 0 Å². The highest BCUT2D eigenvalue weighted by Gasteiger charge is 2.32. The van der Waals surface area contributed by atoms with Gasteiger partial charge in [-0.25, -0.2) is 4.52 Å². The van der Waals surface area contributed by atoms with Crippen molar-refractivity contribution in [3.8, 4) is 11.1 Å². The molecule has 1 aromatic carbocycles. The summed E-state index contributed by atoms with van der Waals surface area (Å²) in [5, 5.41) is 4.22. The number of halogens is 5. The van der Waals surface area contributed by atoms with Crippen molar-refractivity contribution < 1.29 is 26.7 Å². The van der Waals surface area contributed by atoms with E-state index >= 15 is 0 Å². The van der Waals surface area contributed by atoms with Crippen LogP contribution in [0.25, 0.3) is 16.6 Å². The number of carbonyl (C=O) groups excluding carboxylic acids is 1. The number of anilines is 1. The molecule has 1 unspecified atom stereocenters. The van der Waals surface area contributed by atoms with Gasteiger partial charge in [0.1, 0.15) is 5.71 Å². The minimum absolute atomic E-state index is 0.0792. The van der Waals surface area contributed by atoms with Gasteiger partial charge in [-0.05, 0) is 35.9 Å². The van der Waals surface area contributed by atoms with Gasteiger partial charge in [-0.1, -0.05) is 18.2 Å². The fraction of sp³-hybridized carbons (Fsp3) is 0.261. The summed E-state index contributed by atoms with van der Waals surface area (Å²) in [4.78, 5) is 18.1. The lowest BCUT2D eigenvalue weighted by Crippen LogP contribution is -2.36. The minimum atomic E-state index is -4.43. The van der Waals surface area contributed by atoms with Gasteiger partial charge in [0, 0.05) is 31.4 Å². The third kappa shape index (κ3) is 4.50. The Hall–Kier alpha value is -3.56. The predicted octanol–water partition coefficient (Wildman–Crippen LogP) is 5.27. The molecule has 1 aliphatic rings. The predicted molar refractivity (Wildman–Crippen MR) is 115 cm³/mol. The van der Waals surface area contributed by atoms with Crippen LogP contribution >= 0.6 is 0 Å². The van der Waals surface area contributed by atoms with Gasteiger partial charge in [-0.15, -0.1) is 0 Å². The maximum atomic E-state index is 13.4. The number of allylic oxidation sites excluding steroid dienone is 1. The minimum Gasteiger partial charge on any atom is -0.315 e. The third-order valence-corrected chi connectivity index (χ3v) is 5.46. The molecule has 0 bridgehead atoms. The number of hydrogen-bond donors (Lipinski definition) is 0. The summed E-state index contributed by atoms with van der Waals surface area (Å²) in [6.07, 6.45) is 1.33. The molecule has 0 fully saturated rings. The van der Waals surface area contributed by atoms with E-state index in [1.165, 1.54) is 35.4 Å². The Balaban J connectivity index is 1.59. The zero-order valence-electron chi connectivity index (χ0n) is 17.6. The number of alkyl halides is 5. The maximum Gasteiger partial charge on any atom is 0.416 e. The Labute approximate surface area is 185 Å². The molecule has 0 spiro atoms. The molecule has 0 radical (unpaired) electrons. The van der Waals surface area contributed by atoms with Crippen molar-refractivity contribution >= 4 is 22.8 Å². The second kappa shape index (κ2) is 8.09. The molecule has 0 saturated carbocycles. The summed E-state index contributed by atoms with van der Waals surface area (Å²) in [5.74, 6) is -4.08. The molecule has 3 aromatic rings. The molecular weight excluding hydrogens is 443 g/mol. The molecule has 0 N–H and O–H groups in total. The number of hydrogen-bond acceptors (Lipinski definition) is 3. The van der Waals surface area contributed by atoms with E-state index in [0.29, 0.717) is 22.3 Å². The van der Waals surface area contributed by atoms with E-state index in [1.54, 1.807) is 29.9 Å². The van der Waals surface area contributed by atoms with Crippen LogP contribution in [0.3, 0.4) is 0 Å². The lowest BCUT2D eigenvalue weighted by Gasteiger charge is -2.24. The van der Waals surface area contributed by atoms with Crippen molar-refractivity contribution in [3.63, 3.8) is 0 Å². The smallest absolute Gasteiger partial charge is 0.315 e. The van der Waals surface area contributed by atoms with Crippen molar-refractivity contribution in [2.45, 2.75) is 19.0 Å². The average Bonchev–Trinajstić information content (AvgIpc) is 3.20. The number of nitrogens with zero attached hydrogens (tertiary/aromatic N) is 4. The number of benzene rings is 1. The number of aromatic nitrogens is 2. The van der Waals surface area contributed by atoms with Gasteiger partial charge in [-0.3, -0.25) is 9.79 Å². The first-order valence-corrected chi connectivity index (χ1v) is 9.98.